The van der Waals surface area contributed by atoms with E-state index < -0.39 is 17.2 Å². The average molecular weight is 449 g/mol. The van der Waals surface area contributed by atoms with Gasteiger partial charge in [0.05, 0.1) is 5.52 Å². The minimum atomic E-state index is -0.552. The van der Waals surface area contributed by atoms with E-state index in [1.807, 2.05) is 37.3 Å². The van der Waals surface area contributed by atoms with Crippen molar-refractivity contribution in [1.29, 1.82) is 0 Å². The Kier molecular flexibility index (Phi) is 6.18. The zero-order valence-electron chi connectivity index (χ0n) is 17.4. The predicted octanol–water partition coefficient (Wildman–Crippen LogP) is 3.40. The largest absolute Gasteiger partial charge is 0.332 e. The molecule has 1 N–H and O–H groups in total. The molecular weight excluding hydrogens is 428 g/mol. The number of carbonyl (C=O) groups is 1. The Morgan fingerprint density at radius 1 is 1.03 bits per heavy atom. The summed E-state index contributed by atoms with van der Waals surface area (Å²) in [5, 5.41) is 3.28. The van der Waals surface area contributed by atoms with Gasteiger partial charge in [-0.1, -0.05) is 48.0 Å². The van der Waals surface area contributed by atoms with Crippen molar-refractivity contribution >= 4 is 34.2 Å². The summed E-state index contributed by atoms with van der Waals surface area (Å²) in [4.78, 5) is 43.0. The van der Waals surface area contributed by atoms with E-state index in [0.29, 0.717) is 22.6 Å². The quantitative estimate of drug-likeness (QED) is 0.490. The van der Waals surface area contributed by atoms with Gasteiger partial charge in [0.25, 0.3) is 5.56 Å². The van der Waals surface area contributed by atoms with Gasteiger partial charge in [-0.25, -0.2) is 9.78 Å². The molecule has 0 atom stereocenters. The molecule has 1 amide bonds. The summed E-state index contributed by atoms with van der Waals surface area (Å²) in [6, 6.07) is 18.0. The number of benzene rings is 2. The van der Waals surface area contributed by atoms with Gasteiger partial charge < -0.3 is 5.32 Å². The molecule has 4 rings (SSSR count). The minimum absolute atomic E-state index is 0.145. The summed E-state index contributed by atoms with van der Waals surface area (Å²) in [5.74, 6) is -0.412. The molecule has 8 heteroatoms. The molecule has 0 aliphatic heterocycles. The normalized spacial score (nSPS) is 10.9. The maximum Gasteiger partial charge on any atom is 0.332 e. The first kappa shape index (κ1) is 21.5. The molecule has 0 saturated heterocycles. The van der Waals surface area contributed by atoms with E-state index in [-0.39, 0.29) is 18.6 Å². The number of amides is 1. The number of carbonyl (C=O) groups excluding carboxylic acids is 1. The topological polar surface area (TPSA) is 86.0 Å². The van der Waals surface area contributed by atoms with E-state index >= 15 is 0 Å². The fourth-order valence-corrected chi connectivity index (χ4v) is 3.67. The second-order valence-corrected chi connectivity index (χ2v) is 7.85. The number of fused-ring (bicyclic) bond motifs is 1. The number of nitrogens with one attached hydrogen (secondary N) is 1. The molecule has 0 saturated carbocycles. The third-order valence-electron chi connectivity index (χ3n) is 5.21. The van der Waals surface area contributed by atoms with Gasteiger partial charge in [-0.2, -0.15) is 0 Å². The highest BCUT2D eigenvalue weighted by Crippen LogP contribution is 2.20. The zero-order chi connectivity index (χ0) is 22.7. The Bertz CT molecular complexity index is 1410. The number of pyridine rings is 1. The van der Waals surface area contributed by atoms with Crippen LogP contribution in [-0.4, -0.2) is 20.0 Å². The highest BCUT2D eigenvalue weighted by molar-refractivity contribution is 6.31. The van der Waals surface area contributed by atoms with E-state index in [4.69, 9.17) is 11.6 Å². The van der Waals surface area contributed by atoms with Crippen molar-refractivity contribution in [2.75, 3.05) is 5.32 Å². The van der Waals surface area contributed by atoms with Crippen LogP contribution in [0, 0.1) is 6.92 Å². The number of hydrogen-bond donors (Lipinski definition) is 1. The second kappa shape index (κ2) is 9.20. The van der Waals surface area contributed by atoms with Crippen molar-refractivity contribution in [3.8, 4) is 0 Å². The number of anilines is 1. The van der Waals surface area contributed by atoms with E-state index in [0.717, 1.165) is 15.7 Å². The fourth-order valence-electron chi connectivity index (χ4n) is 3.49. The molecular formula is C24H21ClN4O3. The summed E-state index contributed by atoms with van der Waals surface area (Å²) in [5.41, 5.74) is 1.86. The van der Waals surface area contributed by atoms with E-state index in [2.05, 4.69) is 10.3 Å². The zero-order valence-corrected chi connectivity index (χ0v) is 18.2. The van der Waals surface area contributed by atoms with Crippen molar-refractivity contribution in [1.82, 2.24) is 14.1 Å². The Labute approximate surface area is 188 Å². The van der Waals surface area contributed by atoms with Crippen LogP contribution in [0.4, 0.5) is 5.69 Å². The van der Waals surface area contributed by atoms with Crippen LogP contribution in [0.1, 0.15) is 11.1 Å². The van der Waals surface area contributed by atoms with Gasteiger partial charge in [-0.3, -0.25) is 18.7 Å². The van der Waals surface area contributed by atoms with Crippen molar-refractivity contribution in [3.63, 3.8) is 0 Å². The fraction of sp³-hybridized carbons (Fsp3) is 0.167. The lowest BCUT2D eigenvalue weighted by Gasteiger charge is -2.14. The maximum absolute atomic E-state index is 13.2. The van der Waals surface area contributed by atoms with Gasteiger partial charge in [-0.05, 0) is 48.7 Å². The number of rotatable bonds is 6. The van der Waals surface area contributed by atoms with Crippen molar-refractivity contribution in [2.45, 2.75) is 26.4 Å². The minimum Gasteiger partial charge on any atom is -0.324 e. The molecule has 2 aromatic heterocycles. The molecule has 0 radical (unpaired) electrons. The van der Waals surface area contributed by atoms with Crippen LogP contribution in [-0.2, 0) is 24.3 Å². The van der Waals surface area contributed by atoms with Gasteiger partial charge in [0, 0.05) is 23.5 Å². The Morgan fingerprint density at radius 3 is 2.56 bits per heavy atom. The first-order chi connectivity index (χ1) is 15.4. The molecule has 32 heavy (non-hydrogen) atoms. The number of nitrogens with zero attached hydrogens (tertiary/aromatic N) is 3. The molecule has 162 valence electrons. The maximum atomic E-state index is 13.2. The first-order valence-corrected chi connectivity index (χ1v) is 10.5. The molecule has 0 spiro atoms. The highest BCUT2D eigenvalue weighted by atomic mass is 35.5. The highest BCUT2D eigenvalue weighted by Gasteiger charge is 2.16. The van der Waals surface area contributed by atoms with Crippen molar-refractivity contribution in [3.05, 3.63) is 104 Å². The molecule has 2 aromatic carbocycles. The SMILES string of the molecule is Cc1ccc(NC(=O)Cn2c(=O)n(CCc3ccccc3)c(=O)c3ncccc32)cc1Cl. The van der Waals surface area contributed by atoms with E-state index in [1.165, 1.54) is 10.8 Å². The van der Waals surface area contributed by atoms with E-state index in [9.17, 15) is 14.4 Å². The summed E-state index contributed by atoms with van der Waals surface area (Å²) < 4.78 is 2.41. The summed E-state index contributed by atoms with van der Waals surface area (Å²) in [6.07, 6.45) is 2.00. The molecule has 4 aromatic rings. The number of hydrogen-bond acceptors (Lipinski definition) is 4. The van der Waals surface area contributed by atoms with Crippen molar-refractivity contribution < 1.29 is 4.79 Å². The van der Waals surface area contributed by atoms with Crippen LogP contribution in [0.15, 0.2) is 76.4 Å². The molecule has 0 bridgehead atoms. The van der Waals surface area contributed by atoms with E-state index in [1.54, 1.807) is 30.3 Å². The van der Waals surface area contributed by atoms with Crippen LogP contribution >= 0.6 is 11.6 Å². The first-order valence-electron chi connectivity index (χ1n) is 10.1. The smallest absolute Gasteiger partial charge is 0.324 e. The second-order valence-electron chi connectivity index (χ2n) is 7.44. The number of aromatic nitrogens is 3. The van der Waals surface area contributed by atoms with Gasteiger partial charge in [0.2, 0.25) is 5.91 Å². The van der Waals surface area contributed by atoms with Gasteiger partial charge in [0.1, 0.15) is 6.54 Å². The molecule has 7 nitrogen and oxygen atoms in total. The molecule has 0 unspecified atom stereocenters. The molecule has 0 fully saturated rings. The lowest BCUT2D eigenvalue weighted by atomic mass is 10.1. The van der Waals surface area contributed by atoms with Gasteiger partial charge >= 0.3 is 5.69 Å². The number of halogens is 1. The average Bonchev–Trinajstić information content (AvgIpc) is 2.80. The monoisotopic (exact) mass is 448 g/mol. The molecule has 0 aliphatic rings. The summed E-state index contributed by atoms with van der Waals surface area (Å²) >= 11 is 6.13. The Balaban J connectivity index is 1.68. The third kappa shape index (κ3) is 4.48. The molecule has 0 aliphatic carbocycles. The standard InChI is InChI=1S/C24H21ClN4O3/c1-16-9-10-18(14-19(16)25)27-21(30)15-29-20-8-5-12-26-22(20)23(31)28(24(29)32)13-11-17-6-3-2-4-7-17/h2-10,12,14H,11,13,15H2,1H3,(H,27,30). The van der Waals surface area contributed by atoms with Crippen LogP contribution in [0.3, 0.4) is 0 Å². The van der Waals surface area contributed by atoms with Crippen LogP contribution in [0.25, 0.3) is 11.0 Å². The van der Waals surface area contributed by atoms with Crippen LogP contribution in [0.2, 0.25) is 5.02 Å². The van der Waals surface area contributed by atoms with Crippen LogP contribution in [0.5, 0.6) is 0 Å². The molecule has 2 heterocycles. The predicted molar refractivity (Wildman–Crippen MR) is 125 cm³/mol. The third-order valence-corrected chi connectivity index (χ3v) is 5.62. The van der Waals surface area contributed by atoms with Gasteiger partial charge in [-0.15, -0.1) is 0 Å². The summed E-state index contributed by atoms with van der Waals surface area (Å²) in [7, 11) is 0. The lowest BCUT2D eigenvalue weighted by Crippen LogP contribution is -2.42. The van der Waals surface area contributed by atoms with Crippen molar-refractivity contribution in [2.24, 2.45) is 0 Å². The lowest BCUT2D eigenvalue weighted by molar-refractivity contribution is -0.116. The number of aryl methyl sites for hydroxylation is 2. The Hall–Kier alpha value is -3.71. The van der Waals surface area contributed by atoms with Gasteiger partial charge in [0.15, 0.2) is 5.52 Å². The van der Waals surface area contributed by atoms with Crippen LogP contribution < -0.4 is 16.6 Å². The summed E-state index contributed by atoms with van der Waals surface area (Å²) in [6.45, 7) is 1.78. The Morgan fingerprint density at radius 2 is 1.81 bits per heavy atom.